The average Bonchev–Trinajstić information content (AvgIpc) is 3.07. The molecule has 1 aromatic heterocycles. The van der Waals surface area contributed by atoms with Crippen molar-refractivity contribution in [3.8, 4) is 11.5 Å². The number of ether oxygens (including phenoxy) is 2. The lowest BCUT2D eigenvalue weighted by molar-refractivity contribution is -0.385. The molecule has 0 unspecified atom stereocenters. The quantitative estimate of drug-likeness (QED) is 0.468. The Labute approximate surface area is 148 Å². The Balaban J connectivity index is 1.68. The van der Waals surface area contributed by atoms with Gasteiger partial charge < -0.3 is 9.47 Å². The zero-order valence-electron chi connectivity index (χ0n) is 13.5. The number of benzene rings is 2. The van der Waals surface area contributed by atoms with Crippen LogP contribution in [0.5, 0.6) is 11.5 Å². The number of non-ortho nitro benzene ring substituents is 1. The fourth-order valence-electron chi connectivity index (χ4n) is 2.31. The molecule has 0 spiro atoms. The molecule has 0 aliphatic rings. The number of thiazole rings is 1. The first-order chi connectivity index (χ1) is 12.2. The topological polar surface area (TPSA) is 74.5 Å². The van der Waals surface area contributed by atoms with E-state index in [9.17, 15) is 10.1 Å². The third kappa shape index (κ3) is 4.33. The molecule has 0 bridgehead atoms. The third-order valence-electron chi connectivity index (χ3n) is 3.53. The average molecular weight is 356 g/mol. The molecule has 7 heteroatoms. The summed E-state index contributed by atoms with van der Waals surface area (Å²) in [6, 6.07) is 14.4. The van der Waals surface area contributed by atoms with Crippen LogP contribution in [0, 0.1) is 10.1 Å². The lowest BCUT2D eigenvalue weighted by Crippen LogP contribution is -1.99. The van der Waals surface area contributed by atoms with Crippen molar-refractivity contribution in [2.75, 3.05) is 7.11 Å². The highest BCUT2D eigenvalue weighted by molar-refractivity contribution is 7.09. The SMILES string of the molecule is COc1ccc([N+](=O)[O-])cc1OCc1csc(Cc2ccccc2)n1. The van der Waals surface area contributed by atoms with Crippen LogP contribution in [-0.4, -0.2) is 17.0 Å². The van der Waals surface area contributed by atoms with Crippen molar-refractivity contribution in [1.29, 1.82) is 0 Å². The minimum absolute atomic E-state index is 0.0427. The summed E-state index contributed by atoms with van der Waals surface area (Å²) in [5.41, 5.74) is 1.94. The van der Waals surface area contributed by atoms with Crippen molar-refractivity contribution in [2.45, 2.75) is 13.0 Å². The van der Waals surface area contributed by atoms with Gasteiger partial charge in [-0.2, -0.15) is 0 Å². The number of nitro benzene ring substituents is 1. The number of hydrogen-bond acceptors (Lipinski definition) is 6. The standard InChI is InChI=1S/C18H16N2O4S/c1-23-16-8-7-15(20(21)22)10-17(16)24-11-14-12-25-18(19-14)9-13-5-3-2-4-6-13/h2-8,10,12H,9,11H2,1H3. The molecule has 3 aromatic rings. The number of rotatable bonds is 7. The predicted octanol–water partition coefficient (Wildman–Crippen LogP) is 4.23. The summed E-state index contributed by atoms with van der Waals surface area (Å²) < 4.78 is 10.9. The van der Waals surface area contributed by atoms with Crippen molar-refractivity contribution < 1.29 is 14.4 Å². The second kappa shape index (κ2) is 7.76. The van der Waals surface area contributed by atoms with Gasteiger partial charge in [-0.15, -0.1) is 11.3 Å². The monoisotopic (exact) mass is 356 g/mol. The second-order valence-electron chi connectivity index (χ2n) is 5.28. The zero-order valence-corrected chi connectivity index (χ0v) is 14.4. The normalized spacial score (nSPS) is 10.4. The highest BCUT2D eigenvalue weighted by Gasteiger charge is 2.13. The highest BCUT2D eigenvalue weighted by atomic mass is 32.1. The maximum Gasteiger partial charge on any atom is 0.273 e. The van der Waals surface area contributed by atoms with E-state index in [1.54, 1.807) is 11.3 Å². The van der Waals surface area contributed by atoms with E-state index < -0.39 is 4.92 Å². The second-order valence-corrected chi connectivity index (χ2v) is 6.22. The number of aromatic nitrogens is 1. The lowest BCUT2D eigenvalue weighted by atomic mass is 10.2. The Kier molecular flexibility index (Phi) is 5.25. The molecule has 6 nitrogen and oxygen atoms in total. The van der Waals surface area contributed by atoms with Gasteiger partial charge in [0.05, 0.1) is 28.8 Å². The van der Waals surface area contributed by atoms with E-state index in [-0.39, 0.29) is 12.3 Å². The summed E-state index contributed by atoms with van der Waals surface area (Å²) in [4.78, 5) is 15.0. The van der Waals surface area contributed by atoms with Gasteiger partial charge in [-0.1, -0.05) is 30.3 Å². The lowest BCUT2D eigenvalue weighted by Gasteiger charge is -2.09. The first kappa shape index (κ1) is 16.9. The molecule has 0 amide bonds. The molecule has 0 fully saturated rings. The van der Waals surface area contributed by atoms with Gasteiger partial charge >= 0.3 is 0 Å². The van der Waals surface area contributed by atoms with Gasteiger partial charge in [0.1, 0.15) is 6.61 Å². The smallest absolute Gasteiger partial charge is 0.273 e. The van der Waals surface area contributed by atoms with Gasteiger partial charge in [0.15, 0.2) is 11.5 Å². The van der Waals surface area contributed by atoms with Gasteiger partial charge in [-0.05, 0) is 11.6 Å². The molecule has 0 N–H and O–H groups in total. The third-order valence-corrected chi connectivity index (χ3v) is 4.43. The molecule has 128 valence electrons. The minimum atomic E-state index is -0.465. The zero-order chi connectivity index (χ0) is 17.6. The Bertz CT molecular complexity index is 865. The first-order valence-electron chi connectivity index (χ1n) is 7.58. The van der Waals surface area contributed by atoms with Crippen LogP contribution in [0.2, 0.25) is 0 Å². The number of nitro groups is 1. The first-order valence-corrected chi connectivity index (χ1v) is 8.46. The molecule has 0 saturated carbocycles. The number of methoxy groups -OCH3 is 1. The predicted molar refractivity (Wildman–Crippen MR) is 95.3 cm³/mol. The van der Waals surface area contributed by atoms with Crippen molar-refractivity contribution in [3.05, 3.63) is 80.3 Å². The molecule has 0 atom stereocenters. The van der Waals surface area contributed by atoms with E-state index in [2.05, 4.69) is 17.1 Å². The van der Waals surface area contributed by atoms with Gasteiger partial charge in [0.25, 0.3) is 5.69 Å². The van der Waals surface area contributed by atoms with Crippen LogP contribution < -0.4 is 9.47 Å². The van der Waals surface area contributed by atoms with Crippen LogP contribution in [0.15, 0.2) is 53.9 Å². The van der Waals surface area contributed by atoms with Crippen LogP contribution in [0.3, 0.4) is 0 Å². The molecular weight excluding hydrogens is 340 g/mol. The summed E-state index contributed by atoms with van der Waals surface area (Å²) in [5, 5.41) is 13.8. The van der Waals surface area contributed by atoms with Crippen LogP contribution in [-0.2, 0) is 13.0 Å². The summed E-state index contributed by atoms with van der Waals surface area (Å²) in [6.07, 6.45) is 0.769. The van der Waals surface area contributed by atoms with E-state index in [0.29, 0.717) is 11.5 Å². The van der Waals surface area contributed by atoms with Crippen LogP contribution in [0.1, 0.15) is 16.3 Å². The summed E-state index contributed by atoms with van der Waals surface area (Å²) in [7, 11) is 1.49. The molecule has 0 aliphatic heterocycles. The maximum absolute atomic E-state index is 10.9. The maximum atomic E-state index is 10.9. The molecule has 2 aromatic carbocycles. The highest BCUT2D eigenvalue weighted by Crippen LogP contribution is 2.31. The van der Waals surface area contributed by atoms with Gasteiger partial charge in [-0.25, -0.2) is 4.98 Å². The molecule has 1 heterocycles. The Morgan fingerprint density at radius 3 is 2.68 bits per heavy atom. The van der Waals surface area contributed by atoms with Crippen molar-refractivity contribution >= 4 is 17.0 Å². The Morgan fingerprint density at radius 1 is 1.16 bits per heavy atom. The summed E-state index contributed by atoms with van der Waals surface area (Å²) >= 11 is 1.57. The summed E-state index contributed by atoms with van der Waals surface area (Å²) in [5.74, 6) is 0.777. The molecule has 25 heavy (non-hydrogen) atoms. The van der Waals surface area contributed by atoms with Gasteiger partial charge in [0, 0.05) is 17.9 Å². The van der Waals surface area contributed by atoms with E-state index in [1.165, 1.54) is 30.9 Å². The van der Waals surface area contributed by atoms with Crippen molar-refractivity contribution in [2.24, 2.45) is 0 Å². The van der Waals surface area contributed by atoms with E-state index >= 15 is 0 Å². The number of nitrogens with zero attached hydrogens (tertiary/aromatic N) is 2. The molecule has 0 radical (unpaired) electrons. The van der Waals surface area contributed by atoms with Crippen molar-refractivity contribution in [3.63, 3.8) is 0 Å². The van der Waals surface area contributed by atoms with E-state index in [1.807, 2.05) is 23.6 Å². The molecule has 3 rings (SSSR count). The van der Waals surface area contributed by atoms with Crippen LogP contribution in [0.25, 0.3) is 0 Å². The Morgan fingerprint density at radius 2 is 1.96 bits per heavy atom. The van der Waals surface area contributed by atoms with Crippen LogP contribution in [0.4, 0.5) is 5.69 Å². The number of hydrogen-bond donors (Lipinski definition) is 0. The van der Waals surface area contributed by atoms with Crippen molar-refractivity contribution in [1.82, 2.24) is 4.98 Å². The molecular formula is C18H16N2O4S. The Hall–Kier alpha value is -2.93. The molecule has 0 aliphatic carbocycles. The molecule has 0 saturated heterocycles. The van der Waals surface area contributed by atoms with E-state index in [4.69, 9.17) is 9.47 Å². The minimum Gasteiger partial charge on any atom is -0.493 e. The van der Waals surface area contributed by atoms with Crippen LogP contribution >= 0.6 is 11.3 Å². The van der Waals surface area contributed by atoms with Gasteiger partial charge in [0.2, 0.25) is 0 Å². The summed E-state index contributed by atoms with van der Waals surface area (Å²) in [6.45, 7) is 0.225. The fourth-order valence-corrected chi connectivity index (χ4v) is 3.12. The van der Waals surface area contributed by atoms with E-state index in [0.717, 1.165) is 17.1 Å². The largest absolute Gasteiger partial charge is 0.493 e. The fraction of sp³-hybridized carbons (Fsp3) is 0.167. The van der Waals surface area contributed by atoms with Gasteiger partial charge in [-0.3, -0.25) is 10.1 Å².